The van der Waals surface area contributed by atoms with Gasteiger partial charge in [0.05, 0.1) is 5.41 Å². The van der Waals surface area contributed by atoms with Gasteiger partial charge < -0.3 is 9.62 Å². The molecular weight excluding hydrogens is 390 g/mol. The van der Waals surface area contributed by atoms with E-state index in [1.807, 2.05) is 0 Å². The van der Waals surface area contributed by atoms with Gasteiger partial charge in [0.15, 0.2) is 5.57 Å². The van der Waals surface area contributed by atoms with E-state index in [9.17, 15) is 39.6 Å². The van der Waals surface area contributed by atoms with Crippen molar-refractivity contribution in [3.8, 4) is 0 Å². The summed E-state index contributed by atoms with van der Waals surface area (Å²) < 4.78 is 109. The van der Waals surface area contributed by atoms with Crippen molar-refractivity contribution in [1.29, 1.82) is 0 Å². The summed E-state index contributed by atoms with van der Waals surface area (Å²) in [5, 5.41) is -2.93. The SMILES string of the molecule is CCC(C)(C)C(=O)OCOOC(=C(C(F)(F)F)C(F)(F)F)S(=O)(=O)O. The maximum absolute atomic E-state index is 12.5. The molecule has 148 valence electrons. The first-order valence-corrected chi connectivity index (χ1v) is 7.71. The van der Waals surface area contributed by atoms with Crippen LogP contribution in [0.25, 0.3) is 0 Å². The summed E-state index contributed by atoms with van der Waals surface area (Å²) in [6, 6.07) is 0. The summed E-state index contributed by atoms with van der Waals surface area (Å²) in [5.74, 6) is -0.942. The second kappa shape index (κ2) is 7.78. The van der Waals surface area contributed by atoms with E-state index in [0.29, 0.717) is 0 Å². The molecule has 0 aromatic heterocycles. The molecule has 0 unspecified atom stereocenters. The molecule has 0 aliphatic carbocycles. The highest BCUT2D eigenvalue weighted by Gasteiger charge is 2.57. The van der Waals surface area contributed by atoms with Crippen LogP contribution in [0.1, 0.15) is 27.2 Å². The summed E-state index contributed by atoms with van der Waals surface area (Å²) in [5.41, 5.74) is -4.70. The summed E-state index contributed by atoms with van der Waals surface area (Å²) in [6.45, 7) is 3.11. The van der Waals surface area contributed by atoms with Gasteiger partial charge in [0, 0.05) is 0 Å². The first-order valence-electron chi connectivity index (χ1n) is 6.27. The highest BCUT2D eigenvalue weighted by molar-refractivity contribution is 7.89. The molecule has 0 aliphatic heterocycles. The van der Waals surface area contributed by atoms with Crippen LogP contribution in [-0.2, 0) is 29.4 Å². The van der Waals surface area contributed by atoms with E-state index in [4.69, 9.17) is 4.55 Å². The number of esters is 1. The first kappa shape index (κ1) is 23.5. The lowest BCUT2D eigenvalue weighted by Gasteiger charge is -2.20. The minimum absolute atomic E-state index is 0.273. The van der Waals surface area contributed by atoms with Crippen molar-refractivity contribution in [3.63, 3.8) is 0 Å². The number of hydrogen-bond acceptors (Lipinski definition) is 6. The molecule has 14 heteroatoms. The number of allylic oxidation sites excluding steroid dienone is 1. The normalized spacial score (nSPS) is 13.4. The standard InChI is InChI=1S/C11H14F6O7S/c1-4-9(2,3)8(18)22-5-23-24-7(25(19,20)21)6(10(12,13)14)11(15,16)17/h4-5H2,1-3H3,(H,19,20,21). The number of alkyl halides is 6. The number of rotatable bonds is 7. The first-order chi connectivity index (χ1) is 10.9. The van der Waals surface area contributed by atoms with Crippen molar-refractivity contribution < 1.29 is 58.6 Å². The molecular formula is C11H14F6O7S. The van der Waals surface area contributed by atoms with Gasteiger partial charge in [0.25, 0.3) is 0 Å². The molecule has 0 aliphatic rings. The van der Waals surface area contributed by atoms with Crippen molar-refractivity contribution in [1.82, 2.24) is 0 Å². The fourth-order valence-electron chi connectivity index (χ4n) is 1.10. The van der Waals surface area contributed by atoms with E-state index >= 15 is 0 Å². The van der Waals surface area contributed by atoms with Gasteiger partial charge in [0.2, 0.25) is 6.79 Å². The number of ether oxygens (including phenoxy) is 1. The minimum atomic E-state index is -6.24. The molecule has 0 amide bonds. The van der Waals surface area contributed by atoms with Crippen molar-refractivity contribution in [2.75, 3.05) is 6.79 Å². The summed E-state index contributed by atoms with van der Waals surface area (Å²) in [6.07, 6.45) is -12.2. The van der Waals surface area contributed by atoms with Gasteiger partial charge in [-0.1, -0.05) is 6.92 Å². The molecule has 0 saturated heterocycles. The predicted molar refractivity (Wildman–Crippen MR) is 67.9 cm³/mol. The van der Waals surface area contributed by atoms with Crippen LogP contribution in [0.15, 0.2) is 10.7 Å². The van der Waals surface area contributed by atoms with Crippen molar-refractivity contribution in [2.45, 2.75) is 39.5 Å². The van der Waals surface area contributed by atoms with Crippen molar-refractivity contribution in [2.24, 2.45) is 5.41 Å². The van der Waals surface area contributed by atoms with E-state index in [0.717, 1.165) is 0 Å². The van der Waals surface area contributed by atoms with E-state index < -0.39 is 51.3 Å². The molecule has 0 fully saturated rings. The molecule has 0 spiro atoms. The molecule has 25 heavy (non-hydrogen) atoms. The summed E-state index contributed by atoms with van der Waals surface area (Å²) in [7, 11) is -6.11. The Labute approximate surface area is 138 Å². The van der Waals surface area contributed by atoms with Crippen LogP contribution in [-0.4, -0.2) is 38.1 Å². The predicted octanol–water partition coefficient (Wildman–Crippen LogP) is 3.10. The number of carbonyl (C=O) groups excluding carboxylic acids is 1. The third-order valence-corrected chi connectivity index (χ3v) is 3.56. The lowest BCUT2D eigenvalue weighted by Crippen LogP contribution is -2.31. The largest absolute Gasteiger partial charge is 0.434 e. The van der Waals surface area contributed by atoms with Crippen LogP contribution in [0.5, 0.6) is 0 Å². The summed E-state index contributed by atoms with van der Waals surface area (Å²) in [4.78, 5) is 18.7. The van der Waals surface area contributed by atoms with Gasteiger partial charge in [-0.15, -0.1) is 4.89 Å². The molecule has 0 aromatic carbocycles. The minimum Gasteiger partial charge on any atom is -0.434 e. The van der Waals surface area contributed by atoms with Crippen LogP contribution in [0.3, 0.4) is 0 Å². The average Bonchev–Trinajstić information content (AvgIpc) is 2.37. The molecule has 0 heterocycles. The van der Waals surface area contributed by atoms with Crippen LogP contribution in [0.4, 0.5) is 26.3 Å². The quantitative estimate of drug-likeness (QED) is 0.102. The second-order valence-corrected chi connectivity index (χ2v) is 6.44. The Bertz CT molecular complexity index is 602. The van der Waals surface area contributed by atoms with E-state index in [-0.39, 0.29) is 6.42 Å². The Kier molecular flexibility index (Phi) is 7.30. The van der Waals surface area contributed by atoms with Crippen LogP contribution in [0.2, 0.25) is 0 Å². The Balaban J connectivity index is 5.43. The molecule has 1 N–H and O–H groups in total. The monoisotopic (exact) mass is 404 g/mol. The number of hydrogen-bond donors (Lipinski definition) is 1. The van der Waals surface area contributed by atoms with E-state index in [1.54, 1.807) is 6.92 Å². The Morgan fingerprint density at radius 2 is 1.48 bits per heavy atom. The van der Waals surface area contributed by atoms with E-state index in [2.05, 4.69) is 14.5 Å². The Morgan fingerprint density at radius 1 is 1.04 bits per heavy atom. The molecule has 0 bridgehead atoms. The molecule has 7 nitrogen and oxygen atoms in total. The molecule has 0 rings (SSSR count). The fraction of sp³-hybridized carbons (Fsp3) is 0.727. The van der Waals surface area contributed by atoms with Crippen molar-refractivity contribution in [3.05, 3.63) is 10.7 Å². The molecule has 0 saturated carbocycles. The zero-order valence-electron chi connectivity index (χ0n) is 13.0. The third kappa shape index (κ3) is 7.07. The topological polar surface area (TPSA) is 99.1 Å². The third-order valence-electron chi connectivity index (χ3n) is 2.81. The number of halogens is 6. The zero-order chi connectivity index (χ0) is 20.3. The van der Waals surface area contributed by atoms with Crippen LogP contribution >= 0.6 is 0 Å². The van der Waals surface area contributed by atoms with Gasteiger partial charge in [-0.25, -0.2) is 0 Å². The Morgan fingerprint density at radius 3 is 1.80 bits per heavy atom. The number of carbonyl (C=O) groups is 1. The van der Waals surface area contributed by atoms with Gasteiger partial charge in [-0.2, -0.15) is 34.8 Å². The van der Waals surface area contributed by atoms with Crippen LogP contribution < -0.4 is 0 Å². The van der Waals surface area contributed by atoms with Gasteiger partial charge in [-0.05, 0) is 20.3 Å². The Hall–Kier alpha value is -1.54. The fourth-order valence-corrected chi connectivity index (χ4v) is 1.72. The van der Waals surface area contributed by atoms with Crippen LogP contribution in [0, 0.1) is 5.41 Å². The zero-order valence-corrected chi connectivity index (χ0v) is 13.8. The molecule has 0 aromatic rings. The molecule has 0 atom stereocenters. The maximum atomic E-state index is 12.5. The second-order valence-electron chi connectivity index (χ2n) is 5.12. The van der Waals surface area contributed by atoms with E-state index in [1.165, 1.54) is 13.8 Å². The van der Waals surface area contributed by atoms with Gasteiger partial charge >= 0.3 is 33.5 Å². The van der Waals surface area contributed by atoms with Gasteiger partial charge in [-0.3, -0.25) is 9.35 Å². The highest BCUT2D eigenvalue weighted by atomic mass is 32.2. The molecule has 0 radical (unpaired) electrons. The van der Waals surface area contributed by atoms with Crippen molar-refractivity contribution >= 4 is 16.1 Å². The average molecular weight is 404 g/mol. The lowest BCUT2D eigenvalue weighted by molar-refractivity contribution is -0.304. The summed E-state index contributed by atoms with van der Waals surface area (Å²) >= 11 is 0. The smallest absolute Gasteiger partial charge is 0.425 e. The maximum Gasteiger partial charge on any atom is 0.425 e. The highest BCUT2D eigenvalue weighted by Crippen LogP contribution is 2.42. The van der Waals surface area contributed by atoms with Gasteiger partial charge in [0.1, 0.15) is 0 Å². The lowest BCUT2D eigenvalue weighted by atomic mass is 9.91.